The summed E-state index contributed by atoms with van der Waals surface area (Å²) in [5, 5.41) is 3.98. The van der Waals surface area contributed by atoms with Gasteiger partial charge >= 0.3 is 5.97 Å². The minimum Gasteiger partial charge on any atom is -0.461 e. The van der Waals surface area contributed by atoms with Gasteiger partial charge in [-0.05, 0) is 76.3 Å². The number of hydrogen-bond donors (Lipinski definition) is 2. The van der Waals surface area contributed by atoms with E-state index in [1.165, 1.54) is 6.42 Å². The summed E-state index contributed by atoms with van der Waals surface area (Å²) in [6, 6.07) is 5.91. The number of carbonyl (C=O) groups excluding carboxylic acids is 2. The van der Waals surface area contributed by atoms with Gasteiger partial charge in [-0.2, -0.15) is 0 Å². The first-order valence-electron chi connectivity index (χ1n) is 10.6. The lowest BCUT2D eigenvalue weighted by Crippen LogP contribution is -2.57. The van der Waals surface area contributed by atoms with Crippen molar-refractivity contribution >= 4 is 40.1 Å². The van der Waals surface area contributed by atoms with Crippen LogP contribution in [0, 0.1) is 24.2 Å². The summed E-state index contributed by atoms with van der Waals surface area (Å²) in [7, 11) is 0. The maximum Gasteiger partial charge on any atom is 0.356 e. The fraction of sp³-hybridized carbons (Fsp3) is 0.565. The van der Waals surface area contributed by atoms with Crippen molar-refractivity contribution in [3.8, 4) is 0 Å². The highest BCUT2D eigenvalue weighted by Gasteiger charge is 2.60. The number of amides is 1. The van der Waals surface area contributed by atoms with Gasteiger partial charge in [0.1, 0.15) is 5.69 Å². The lowest BCUT2D eigenvalue weighted by molar-refractivity contribution is -0.138. The van der Waals surface area contributed by atoms with Gasteiger partial charge in [0.05, 0.1) is 17.7 Å². The number of aryl methyl sites for hydroxylation is 1. The maximum absolute atomic E-state index is 13.6. The number of carbonyl (C=O) groups is 2. The fourth-order valence-corrected chi connectivity index (χ4v) is 7.15. The first-order valence-corrected chi connectivity index (χ1v) is 11.0. The van der Waals surface area contributed by atoms with Crippen LogP contribution in [0.1, 0.15) is 61.5 Å². The number of nitrogens with one attached hydrogen (secondary N) is 2. The third kappa shape index (κ3) is 3.05. The Labute approximate surface area is 175 Å². The van der Waals surface area contributed by atoms with Crippen molar-refractivity contribution in [2.24, 2.45) is 17.3 Å². The van der Waals surface area contributed by atoms with Gasteiger partial charge in [0.2, 0.25) is 5.91 Å². The zero-order valence-electron chi connectivity index (χ0n) is 16.9. The molecule has 4 bridgehead atoms. The molecule has 29 heavy (non-hydrogen) atoms. The van der Waals surface area contributed by atoms with Gasteiger partial charge in [-0.1, -0.05) is 11.6 Å². The number of halogens is 1. The van der Waals surface area contributed by atoms with Crippen LogP contribution in [0.5, 0.6) is 0 Å². The van der Waals surface area contributed by atoms with Crippen molar-refractivity contribution < 1.29 is 14.3 Å². The summed E-state index contributed by atoms with van der Waals surface area (Å²) in [6.07, 6.45) is 5.79. The highest BCUT2D eigenvalue weighted by molar-refractivity contribution is 6.24. The smallest absolute Gasteiger partial charge is 0.356 e. The molecule has 0 spiro atoms. The van der Waals surface area contributed by atoms with E-state index in [0.29, 0.717) is 23.2 Å². The van der Waals surface area contributed by atoms with Crippen LogP contribution < -0.4 is 5.32 Å². The second-order valence-corrected chi connectivity index (χ2v) is 10.3. The summed E-state index contributed by atoms with van der Waals surface area (Å²) in [4.78, 5) is 29.1. The van der Waals surface area contributed by atoms with Crippen molar-refractivity contribution in [3.63, 3.8) is 0 Å². The Morgan fingerprint density at radius 1 is 1.24 bits per heavy atom. The molecule has 1 aromatic heterocycles. The summed E-state index contributed by atoms with van der Waals surface area (Å²) >= 11 is 6.92. The van der Waals surface area contributed by atoms with Crippen molar-refractivity contribution in [3.05, 3.63) is 29.5 Å². The molecule has 154 valence electrons. The predicted octanol–water partition coefficient (Wildman–Crippen LogP) is 5.17. The zero-order valence-corrected chi connectivity index (χ0v) is 17.7. The lowest BCUT2D eigenvalue weighted by Gasteiger charge is -2.59. The van der Waals surface area contributed by atoms with Gasteiger partial charge in [-0.3, -0.25) is 4.79 Å². The molecule has 5 nitrogen and oxygen atoms in total. The predicted molar refractivity (Wildman–Crippen MR) is 113 cm³/mol. The molecule has 6 rings (SSSR count). The molecule has 1 heterocycles. The van der Waals surface area contributed by atoms with Crippen LogP contribution in [0.3, 0.4) is 0 Å². The largest absolute Gasteiger partial charge is 0.461 e. The molecular weight excluding hydrogens is 388 g/mol. The quantitative estimate of drug-likeness (QED) is 0.535. The molecule has 2 unspecified atom stereocenters. The number of aromatic amines is 1. The van der Waals surface area contributed by atoms with Crippen LogP contribution in [0.15, 0.2) is 18.2 Å². The molecule has 0 saturated heterocycles. The number of alkyl halides is 1. The minimum absolute atomic E-state index is 0.00424. The van der Waals surface area contributed by atoms with E-state index in [9.17, 15) is 9.59 Å². The van der Waals surface area contributed by atoms with Gasteiger partial charge in [0, 0.05) is 15.8 Å². The molecule has 4 aliphatic rings. The normalized spacial score (nSPS) is 32.5. The number of hydrogen-bond acceptors (Lipinski definition) is 3. The molecule has 2 aromatic rings. The van der Waals surface area contributed by atoms with Crippen molar-refractivity contribution in [1.82, 2.24) is 4.98 Å². The third-order valence-electron chi connectivity index (χ3n) is 7.14. The summed E-state index contributed by atoms with van der Waals surface area (Å²) in [5.41, 5.74) is 2.30. The van der Waals surface area contributed by atoms with Crippen LogP contribution in [-0.2, 0) is 9.53 Å². The number of ether oxygens (including phenoxy) is 1. The number of rotatable bonds is 4. The van der Waals surface area contributed by atoms with E-state index in [2.05, 4.69) is 10.3 Å². The van der Waals surface area contributed by atoms with Crippen LogP contribution in [0.25, 0.3) is 10.9 Å². The molecule has 6 heteroatoms. The minimum atomic E-state index is -0.448. The van der Waals surface area contributed by atoms with E-state index in [1.807, 2.05) is 25.1 Å². The van der Waals surface area contributed by atoms with Crippen LogP contribution in [-0.4, -0.2) is 28.3 Å². The van der Waals surface area contributed by atoms with E-state index in [0.717, 1.165) is 48.6 Å². The number of anilines is 1. The Bertz CT molecular complexity index is 997. The van der Waals surface area contributed by atoms with E-state index in [4.69, 9.17) is 16.3 Å². The molecule has 4 aliphatic carbocycles. The fourth-order valence-electron chi connectivity index (χ4n) is 6.45. The molecular formula is C23H27ClN2O3. The molecule has 4 atom stereocenters. The number of aromatic nitrogens is 1. The Morgan fingerprint density at radius 3 is 2.62 bits per heavy atom. The van der Waals surface area contributed by atoms with Gasteiger partial charge in [0.15, 0.2) is 0 Å². The number of H-pyrrole nitrogens is 1. The van der Waals surface area contributed by atoms with E-state index in [1.54, 1.807) is 6.92 Å². The topological polar surface area (TPSA) is 71.2 Å². The summed E-state index contributed by atoms with van der Waals surface area (Å²) in [6.45, 7) is 4.05. The molecule has 1 aromatic carbocycles. The third-order valence-corrected chi connectivity index (χ3v) is 7.59. The van der Waals surface area contributed by atoms with Crippen molar-refractivity contribution in [2.45, 2.75) is 57.2 Å². The monoisotopic (exact) mass is 414 g/mol. The summed E-state index contributed by atoms with van der Waals surface area (Å²) in [5.74, 6) is 0.629. The average molecular weight is 415 g/mol. The van der Waals surface area contributed by atoms with Gasteiger partial charge in [-0.15, -0.1) is 11.6 Å². The molecule has 2 N–H and O–H groups in total. The second kappa shape index (κ2) is 6.49. The van der Waals surface area contributed by atoms with Gasteiger partial charge in [0.25, 0.3) is 0 Å². The van der Waals surface area contributed by atoms with Crippen molar-refractivity contribution in [1.29, 1.82) is 0 Å². The Hall–Kier alpha value is -2.01. The first-order chi connectivity index (χ1) is 13.8. The van der Waals surface area contributed by atoms with Crippen molar-refractivity contribution in [2.75, 3.05) is 11.9 Å². The van der Waals surface area contributed by atoms with Gasteiger partial charge < -0.3 is 15.0 Å². The Kier molecular flexibility index (Phi) is 4.25. The Balaban J connectivity index is 1.53. The van der Waals surface area contributed by atoms with E-state index < -0.39 is 11.4 Å². The number of benzene rings is 1. The highest BCUT2D eigenvalue weighted by atomic mass is 35.5. The van der Waals surface area contributed by atoms with Crippen LogP contribution >= 0.6 is 11.6 Å². The number of esters is 1. The SMILES string of the molecule is CCOC(=O)c1[nH]c2ccc(C)cc2c1NC(=O)C12C[C@@H]3C[C@@H](CC(Cl)(C3)C1)C2. The standard InChI is InChI=1S/C23H27ClN2O3/c1-3-29-20(27)19-18(16-6-13(2)4-5-17(16)25-19)26-21(28)22-8-14-7-15(9-22)11-23(24,10-14)12-22/h4-6,14-15,25H,3,7-12H2,1-2H3,(H,26,28)/t14-,15+,22?,23?. The van der Waals surface area contributed by atoms with Gasteiger partial charge in [-0.25, -0.2) is 4.79 Å². The van der Waals surface area contributed by atoms with E-state index >= 15 is 0 Å². The maximum atomic E-state index is 13.6. The molecule has 4 fully saturated rings. The van der Waals surface area contributed by atoms with Crippen LogP contribution in [0.4, 0.5) is 5.69 Å². The first kappa shape index (κ1) is 19.0. The number of fused-ring (bicyclic) bond motifs is 1. The Morgan fingerprint density at radius 2 is 1.97 bits per heavy atom. The molecule has 0 aliphatic heterocycles. The van der Waals surface area contributed by atoms with Crippen LogP contribution in [0.2, 0.25) is 0 Å². The average Bonchev–Trinajstić information content (AvgIpc) is 2.98. The summed E-state index contributed by atoms with van der Waals surface area (Å²) < 4.78 is 5.23. The molecule has 1 amide bonds. The zero-order chi connectivity index (χ0) is 20.4. The second-order valence-electron chi connectivity index (χ2n) is 9.49. The van der Waals surface area contributed by atoms with E-state index in [-0.39, 0.29) is 17.4 Å². The highest BCUT2D eigenvalue weighted by Crippen LogP contribution is 2.64. The lowest BCUT2D eigenvalue weighted by atomic mass is 9.49. The molecule has 0 radical (unpaired) electrons. The molecule has 4 saturated carbocycles.